The summed E-state index contributed by atoms with van der Waals surface area (Å²) in [6.07, 6.45) is 1.10. The van der Waals surface area contributed by atoms with E-state index in [1.807, 2.05) is 13.0 Å². The Kier molecular flexibility index (Phi) is 5.14. The third-order valence-corrected chi connectivity index (χ3v) is 3.90. The van der Waals surface area contributed by atoms with Gasteiger partial charge < -0.3 is 16.0 Å². The monoisotopic (exact) mass is 278 g/mol. The number of aromatic nitrogens is 2. The van der Waals surface area contributed by atoms with Crippen molar-refractivity contribution in [3.05, 3.63) is 11.8 Å². The SMILES string of the molecule is Cc1cc(NCC[C@@H](C)N2CCN(C)CC2)nc(N)n1. The first kappa shape index (κ1) is 15.0. The summed E-state index contributed by atoms with van der Waals surface area (Å²) in [5.74, 6) is 1.15. The van der Waals surface area contributed by atoms with Crippen LogP contribution in [-0.4, -0.2) is 65.6 Å². The smallest absolute Gasteiger partial charge is 0.222 e. The van der Waals surface area contributed by atoms with E-state index in [1.165, 1.54) is 13.1 Å². The standard InChI is InChI=1S/C14H26N6/c1-11-10-13(18-14(15)17-11)16-5-4-12(2)20-8-6-19(3)7-9-20/h10,12H,4-9H2,1-3H3,(H3,15,16,17,18)/t12-/m1/s1. The van der Waals surface area contributed by atoms with Crippen LogP contribution in [0.25, 0.3) is 0 Å². The number of nitrogens with two attached hydrogens (primary N) is 1. The molecule has 6 nitrogen and oxygen atoms in total. The zero-order chi connectivity index (χ0) is 14.5. The van der Waals surface area contributed by atoms with Crippen LogP contribution < -0.4 is 11.1 Å². The van der Waals surface area contributed by atoms with Gasteiger partial charge in [-0.2, -0.15) is 4.98 Å². The van der Waals surface area contributed by atoms with Gasteiger partial charge in [0, 0.05) is 50.5 Å². The summed E-state index contributed by atoms with van der Waals surface area (Å²) in [6, 6.07) is 2.52. The molecule has 1 aliphatic heterocycles. The summed E-state index contributed by atoms with van der Waals surface area (Å²) in [5.41, 5.74) is 6.54. The normalized spacial score (nSPS) is 18.9. The second-order valence-corrected chi connectivity index (χ2v) is 5.66. The quantitative estimate of drug-likeness (QED) is 0.830. The lowest BCUT2D eigenvalue weighted by Crippen LogP contribution is -2.48. The molecule has 2 rings (SSSR count). The predicted octanol–water partition coefficient (Wildman–Crippen LogP) is 0.805. The number of nitrogens with zero attached hydrogens (tertiary/aromatic N) is 4. The van der Waals surface area contributed by atoms with E-state index in [0.717, 1.165) is 37.6 Å². The van der Waals surface area contributed by atoms with E-state index in [0.29, 0.717) is 12.0 Å². The Morgan fingerprint density at radius 3 is 2.65 bits per heavy atom. The van der Waals surface area contributed by atoms with Crippen molar-refractivity contribution in [1.82, 2.24) is 19.8 Å². The number of nitrogen functional groups attached to an aromatic ring is 1. The highest BCUT2D eigenvalue weighted by Crippen LogP contribution is 2.10. The van der Waals surface area contributed by atoms with Gasteiger partial charge in [-0.05, 0) is 27.3 Å². The lowest BCUT2D eigenvalue weighted by molar-refractivity contribution is 0.116. The third kappa shape index (κ3) is 4.31. The average molecular weight is 278 g/mol. The van der Waals surface area contributed by atoms with Gasteiger partial charge in [0.15, 0.2) is 0 Å². The van der Waals surface area contributed by atoms with Crippen molar-refractivity contribution in [2.24, 2.45) is 0 Å². The maximum absolute atomic E-state index is 5.65. The van der Waals surface area contributed by atoms with Gasteiger partial charge >= 0.3 is 0 Å². The van der Waals surface area contributed by atoms with E-state index in [4.69, 9.17) is 5.73 Å². The van der Waals surface area contributed by atoms with Gasteiger partial charge in [0.25, 0.3) is 0 Å². The lowest BCUT2D eigenvalue weighted by atomic mass is 10.1. The summed E-state index contributed by atoms with van der Waals surface area (Å²) < 4.78 is 0. The molecular formula is C14H26N6. The Labute approximate surface area is 121 Å². The fourth-order valence-corrected chi connectivity index (χ4v) is 2.54. The average Bonchev–Trinajstić information content (AvgIpc) is 2.38. The van der Waals surface area contributed by atoms with E-state index in [2.05, 4.69) is 39.1 Å². The molecule has 0 aliphatic carbocycles. The summed E-state index contributed by atoms with van der Waals surface area (Å²) in [4.78, 5) is 13.2. The number of anilines is 2. The Morgan fingerprint density at radius 1 is 1.30 bits per heavy atom. The Bertz CT molecular complexity index is 407. The molecule has 1 aromatic heterocycles. The molecule has 1 aliphatic rings. The molecule has 112 valence electrons. The molecule has 0 aromatic carbocycles. The van der Waals surface area contributed by atoms with Crippen LogP contribution in [0.2, 0.25) is 0 Å². The van der Waals surface area contributed by atoms with Crippen LogP contribution in [0, 0.1) is 6.92 Å². The van der Waals surface area contributed by atoms with Crippen LogP contribution in [0.1, 0.15) is 19.0 Å². The molecule has 1 aromatic rings. The molecule has 2 heterocycles. The number of piperazine rings is 1. The maximum atomic E-state index is 5.65. The number of nitrogens with one attached hydrogen (secondary N) is 1. The molecular weight excluding hydrogens is 252 g/mol. The number of likely N-dealkylation sites (N-methyl/N-ethyl adjacent to an activating group) is 1. The number of hydrogen-bond donors (Lipinski definition) is 2. The first-order chi connectivity index (χ1) is 9.54. The molecule has 0 unspecified atom stereocenters. The highest BCUT2D eigenvalue weighted by molar-refractivity contribution is 5.39. The van der Waals surface area contributed by atoms with Crippen molar-refractivity contribution in [2.45, 2.75) is 26.3 Å². The topological polar surface area (TPSA) is 70.3 Å². The second kappa shape index (κ2) is 6.85. The molecule has 6 heteroatoms. The Morgan fingerprint density at radius 2 is 2.00 bits per heavy atom. The third-order valence-electron chi connectivity index (χ3n) is 3.90. The van der Waals surface area contributed by atoms with Gasteiger partial charge in [0.1, 0.15) is 5.82 Å². The summed E-state index contributed by atoms with van der Waals surface area (Å²) >= 11 is 0. The van der Waals surface area contributed by atoms with Crippen LogP contribution in [0.5, 0.6) is 0 Å². The van der Waals surface area contributed by atoms with Crippen molar-refractivity contribution in [3.63, 3.8) is 0 Å². The molecule has 3 N–H and O–H groups in total. The fourth-order valence-electron chi connectivity index (χ4n) is 2.54. The highest BCUT2D eigenvalue weighted by Gasteiger charge is 2.18. The summed E-state index contributed by atoms with van der Waals surface area (Å²) in [7, 11) is 2.19. The highest BCUT2D eigenvalue weighted by atomic mass is 15.3. The van der Waals surface area contributed by atoms with Gasteiger partial charge in [0.05, 0.1) is 0 Å². The number of hydrogen-bond acceptors (Lipinski definition) is 6. The first-order valence-electron chi connectivity index (χ1n) is 7.32. The van der Waals surface area contributed by atoms with E-state index in [-0.39, 0.29) is 0 Å². The van der Waals surface area contributed by atoms with Gasteiger partial charge in [0.2, 0.25) is 5.95 Å². The molecule has 1 atom stereocenters. The second-order valence-electron chi connectivity index (χ2n) is 5.66. The van der Waals surface area contributed by atoms with Crippen molar-refractivity contribution >= 4 is 11.8 Å². The van der Waals surface area contributed by atoms with Crippen LogP contribution >= 0.6 is 0 Å². The lowest BCUT2D eigenvalue weighted by Gasteiger charge is -2.36. The van der Waals surface area contributed by atoms with E-state index >= 15 is 0 Å². The maximum Gasteiger partial charge on any atom is 0.222 e. The Balaban J connectivity index is 1.75. The van der Waals surface area contributed by atoms with E-state index in [1.54, 1.807) is 0 Å². The van der Waals surface area contributed by atoms with Crippen molar-refractivity contribution in [1.29, 1.82) is 0 Å². The zero-order valence-corrected chi connectivity index (χ0v) is 12.8. The van der Waals surface area contributed by atoms with Crippen LogP contribution in [0.4, 0.5) is 11.8 Å². The van der Waals surface area contributed by atoms with Gasteiger partial charge in [-0.3, -0.25) is 4.90 Å². The first-order valence-corrected chi connectivity index (χ1v) is 7.32. The minimum atomic E-state index is 0.333. The molecule has 1 fully saturated rings. The Hall–Kier alpha value is -1.40. The van der Waals surface area contributed by atoms with Crippen LogP contribution in [0.15, 0.2) is 6.07 Å². The molecule has 0 spiro atoms. The molecule has 20 heavy (non-hydrogen) atoms. The minimum absolute atomic E-state index is 0.333. The predicted molar refractivity (Wildman–Crippen MR) is 82.8 cm³/mol. The van der Waals surface area contributed by atoms with Gasteiger partial charge in [-0.1, -0.05) is 0 Å². The molecule has 0 saturated carbocycles. The van der Waals surface area contributed by atoms with Gasteiger partial charge in [-0.15, -0.1) is 0 Å². The minimum Gasteiger partial charge on any atom is -0.370 e. The van der Waals surface area contributed by atoms with Crippen LogP contribution in [0.3, 0.4) is 0 Å². The van der Waals surface area contributed by atoms with E-state index in [9.17, 15) is 0 Å². The molecule has 0 amide bonds. The number of aryl methyl sites for hydroxylation is 1. The summed E-state index contributed by atoms with van der Waals surface area (Å²) in [6.45, 7) is 9.79. The van der Waals surface area contributed by atoms with Crippen LogP contribution in [-0.2, 0) is 0 Å². The van der Waals surface area contributed by atoms with Crippen molar-refractivity contribution in [2.75, 3.05) is 50.8 Å². The zero-order valence-electron chi connectivity index (χ0n) is 12.8. The molecule has 1 saturated heterocycles. The number of rotatable bonds is 5. The largest absolute Gasteiger partial charge is 0.370 e. The summed E-state index contributed by atoms with van der Waals surface area (Å²) in [5, 5.41) is 3.34. The molecule has 0 bridgehead atoms. The van der Waals surface area contributed by atoms with E-state index < -0.39 is 0 Å². The molecule has 0 radical (unpaired) electrons. The van der Waals surface area contributed by atoms with Crippen molar-refractivity contribution < 1.29 is 0 Å². The van der Waals surface area contributed by atoms with Crippen molar-refractivity contribution in [3.8, 4) is 0 Å². The fraction of sp³-hybridized carbons (Fsp3) is 0.714. The van der Waals surface area contributed by atoms with Gasteiger partial charge in [-0.25, -0.2) is 4.98 Å².